The fraction of sp³-hybridized carbons (Fsp3) is 0.562. The van der Waals surface area contributed by atoms with Gasteiger partial charge in [-0.2, -0.15) is 13.2 Å². The van der Waals surface area contributed by atoms with Gasteiger partial charge in [0, 0.05) is 62.2 Å². The van der Waals surface area contributed by atoms with Crippen LogP contribution >= 0.6 is 0 Å². The summed E-state index contributed by atoms with van der Waals surface area (Å²) in [6, 6.07) is 7.98. The van der Waals surface area contributed by atoms with Gasteiger partial charge in [-0.1, -0.05) is 6.07 Å². The maximum absolute atomic E-state index is 13.0. The molecule has 3 amide bonds. The van der Waals surface area contributed by atoms with Gasteiger partial charge in [0.2, 0.25) is 5.91 Å². The Morgan fingerprint density at radius 3 is 2.44 bits per heavy atom. The van der Waals surface area contributed by atoms with Crippen molar-refractivity contribution in [2.75, 3.05) is 52.5 Å². The van der Waals surface area contributed by atoms with Crippen LogP contribution in [0.2, 0.25) is 0 Å². The highest BCUT2D eigenvalue weighted by atomic mass is 19.4. The molecular formula is C32H40F3N5O5. The number of rotatable bonds is 9. The molecule has 5 rings (SSSR count). The molecule has 1 saturated carbocycles. The largest absolute Gasteiger partial charge is 0.416 e. The Balaban J connectivity index is 1.09. The van der Waals surface area contributed by atoms with Gasteiger partial charge in [0.15, 0.2) is 0 Å². The zero-order valence-electron chi connectivity index (χ0n) is 25.4. The lowest BCUT2D eigenvalue weighted by molar-refractivity contribution is -0.137. The fourth-order valence-corrected chi connectivity index (χ4v) is 6.44. The lowest BCUT2D eigenvalue weighted by Gasteiger charge is -2.34. The third-order valence-electron chi connectivity index (χ3n) is 8.85. The summed E-state index contributed by atoms with van der Waals surface area (Å²) in [7, 11) is 0. The van der Waals surface area contributed by atoms with Crippen LogP contribution in [0.4, 0.5) is 13.2 Å². The van der Waals surface area contributed by atoms with Crippen LogP contribution in [-0.2, 0) is 20.4 Å². The lowest BCUT2D eigenvalue weighted by Crippen LogP contribution is -2.48. The Morgan fingerprint density at radius 1 is 1.02 bits per heavy atom. The number of hydrogen-bond donors (Lipinski definition) is 2. The van der Waals surface area contributed by atoms with Gasteiger partial charge in [0.25, 0.3) is 11.8 Å². The number of carbonyl (C=O) groups is 3. The van der Waals surface area contributed by atoms with Gasteiger partial charge >= 0.3 is 6.18 Å². The zero-order chi connectivity index (χ0) is 32.0. The first kappa shape index (κ1) is 32.8. The van der Waals surface area contributed by atoms with Gasteiger partial charge in [-0.25, -0.2) is 0 Å². The number of halogens is 3. The van der Waals surface area contributed by atoms with Crippen molar-refractivity contribution in [2.45, 2.75) is 62.9 Å². The molecule has 1 aliphatic carbocycles. The Morgan fingerprint density at radius 2 is 1.78 bits per heavy atom. The third kappa shape index (κ3) is 8.39. The quantitative estimate of drug-likeness (QED) is 0.437. The number of pyridine rings is 1. The molecule has 2 aliphatic heterocycles. The highest BCUT2D eigenvalue weighted by Gasteiger charge is 2.39. The molecule has 1 aromatic heterocycles. The summed E-state index contributed by atoms with van der Waals surface area (Å²) < 4.78 is 50.3. The minimum Gasteiger partial charge on any atom is -0.378 e. The molecule has 0 spiro atoms. The third-order valence-corrected chi connectivity index (χ3v) is 8.85. The number of aromatic nitrogens is 1. The Kier molecular flexibility index (Phi) is 10.7. The number of benzene rings is 1. The lowest BCUT2D eigenvalue weighted by atomic mass is 9.83. The van der Waals surface area contributed by atoms with Crippen molar-refractivity contribution in [2.24, 2.45) is 0 Å². The van der Waals surface area contributed by atoms with E-state index in [1.54, 1.807) is 11.1 Å². The molecule has 2 saturated heterocycles. The number of likely N-dealkylation sites (tertiary alicyclic amines) is 1. The van der Waals surface area contributed by atoms with Crippen molar-refractivity contribution in [3.8, 4) is 0 Å². The summed E-state index contributed by atoms with van der Waals surface area (Å²) in [4.78, 5) is 46.7. The van der Waals surface area contributed by atoms with Crippen molar-refractivity contribution < 1.29 is 37.0 Å². The van der Waals surface area contributed by atoms with E-state index in [9.17, 15) is 27.6 Å². The van der Waals surface area contributed by atoms with Gasteiger partial charge in [-0.05, 0) is 62.9 Å². The summed E-state index contributed by atoms with van der Waals surface area (Å²) in [6.45, 7) is 5.59. The van der Waals surface area contributed by atoms with E-state index in [0.717, 1.165) is 49.6 Å². The zero-order valence-corrected chi connectivity index (χ0v) is 25.4. The van der Waals surface area contributed by atoms with E-state index in [1.807, 2.05) is 19.1 Å². The summed E-state index contributed by atoms with van der Waals surface area (Å²) in [6.07, 6.45) is 0.755. The number of morpholine rings is 1. The molecule has 0 unspecified atom stereocenters. The topological polar surface area (TPSA) is 113 Å². The maximum atomic E-state index is 13.0. The van der Waals surface area contributed by atoms with E-state index in [1.165, 1.54) is 6.07 Å². The summed E-state index contributed by atoms with van der Waals surface area (Å²) in [5, 5.41) is 5.36. The van der Waals surface area contributed by atoms with Crippen molar-refractivity contribution in [3.63, 3.8) is 0 Å². The normalized spacial score (nSPS) is 24.3. The molecule has 13 heteroatoms. The van der Waals surface area contributed by atoms with Gasteiger partial charge in [0.05, 0.1) is 43.0 Å². The second-order valence-electron chi connectivity index (χ2n) is 11.8. The standard InChI is InChI=1S/C32H40F3N5O5/c1-2-45-28-20-40(19-27(28)38-29(41)18-37-30(42)22-4-3-5-24(16-22)32(33,34)35)25-9-6-21(7-10-25)26-11-8-23(17-36-26)31(43)39-12-14-44-15-13-39/h3-5,8,11,16-17,21,25,27-28H,2,6-7,9-10,12-15,18-20H2,1H3,(H,37,42)(H,38,41)/t21?,25?,27-,28+/m0/s1. The average molecular weight is 632 g/mol. The molecule has 2 atom stereocenters. The number of amides is 3. The highest BCUT2D eigenvalue weighted by molar-refractivity contribution is 5.96. The van der Waals surface area contributed by atoms with Crippen LogP contribution in [0.3, 0.4) is 0 Å². The smallest absolute Gasteiger partial charge is 0.378 e. The molecule has 2 aromatic rings. The van der Waals surface area contributed by atoms with Crippen LogP contribution in [0.1, 0.15) is 70.5 Å². The molecule has 45 heavy (non-hydrogen) atoms. The molecule has 3 fully saturated rings. The molecule has 1 aromatic carbocycles. The van der Waals surface area contributed by atoms with Crippen LogP contribution in [-0.4, -0.2) is 103 Å². The van der Waals surface area contributed by atoms with Crippen LogP contribution in [0.15, 0.2) is 42.6 Å². The van der Waals surface area contributed by atoms with E-state index >= 15 is 0 Å². The number of nitrogens with zero attached hydrogens (tertiary/aromatic N) is 3. The fourth-order valence-electron chi connectivity index (χ4n) is 6.44. The molecule has 10 nitrogen and oxygen atoms in total. The van der Waals surface area contributed by atoms with Crippen molar-refractivity contribution in [3.05, 3.63) is 65.0 Å². The maximum Gasteiger partial charge on any atom is 0.416 e. The van der Waals surface area contributed by atoms with Crippen molar-refractivity contribution >= 4 is 17.7 Å². The van der Waals surface area contributed by atoms with Gasteiger partial charge in [-0.15, -0.1) is 0 Å². The molecule has 244 valence electrons. The minimum absolute atomic E-state index is 0.0151. The average Bonchev–Trinajstić information content (AvgIpc) is 3.45. The molecule has 2 N–H and O–H groups in total. The van der Waals surface area contributed by atoms with Crippen LogP contribution in [0.25, 0.3) is 0 Å². The molecule has 0 radical (unpaired) electrons. The van der Waals surface area contributed by atoms with Crippen molar-refractivity contribution in [1.29, 1.82) is 0 Å². The Hall–Kier alpha value is -3.55. The van der Waals surface area contributed by atoms with E-state index in [2.05, 4.69) is 20.5 Å². The number of carbonyl (C=O) groups excluding carboxylic acids is 3. The van der Waals surface area contributed by atoms with Gasteiger partial charge in [0.1, 0.15) is 0 Å². The first-order valence-corrected chi connectivity index (χ1v) is 15.6. The molecular weight excluding hydrogens is 591 g/mol. The number of alkyl halides is 3. The van der Waals surface area contributed by atoms with E-state index < -0.39 is 23.6 Å². The minimum atomic E-state index is -4.57. The van der Waals surface area contributed by atoms with Gasteiger partial charge in [-0.3, -0.25) is 24.3 Å². The molecule has 0 bridgehead atoms. The SMILES string of the molecule is CCO[C@@H]1CN(C2CCC(c3ccc(C(=O)N4CCOCC4)cn3)CC2)C[C@@H]1NC(=O)CNC(=O)c1cccc(C(F)(F)F)c1. The number of nitrogens with one attached hydrogen (secondary N) is 2. The summed E-state index contributed by atoms with van der Waals surface area (Å²) in [5.41, 5.74) is 0.499. The summed E-state index contributed by atoms with van der Waals surface area (Å²) in [5.74, 6) is -0.888. The predicted octanol–water partition coefficient (Wildman–Crippen LogP) is 3.23. The van der Waals surface area contributed by atoms with Crippen LogP contribution in [0, 0.1) is 0 Å². The van der Waals surface area contributed by atoms with E-state index in [4.69, 9.17) is 9.47 Å². The van der Waals surface area contributed by atoms with E-state index in [0.29, 0.717) is 63.5 Å². The van der Waals surface area contributed by atoms with Crippen molar-refractivity contribution in [1.82, 2.24) is 25.4 Å². The number of ether oxygens (including phenoxy) is 2. The van der Waals surface area contributed by atoms with E-state index in [-0.39, 0.29) is 30.2 Å². The number of hydrogen-bond acceptors (Lipinski definition) is 7. The van der Waals surface area contributed by atoms with Gasteiger partial charge < -0.3 is 25.0 Å². The van der Waals surface area contributed by atoms with Crippen LogP contribution < -0.4 is 10.6 Å². The molecule has 3 aliphatic rings. The second kappa shape index (κ2) is 14.7. The first-order chi connectivity index (χ1) is 21.6. The predicted molar refractivity (Wildman–Crippen MR) is 159 cm³/mol. The first-order valence-electron chi connectivity index (χ1n) is 15.6. The molecule has 3 heterocycles. The Bertz CT molecular complexity index is 1330. The van der Waals surface area contributed by atoms with Crippen LogP contribution in [0.5, 0.6) is 0 Å². The highest BCUT2D eigenvalue weighted by Crippen LogP contribution is 2.35. The summed E-state index contributed by atoms with van der Waals surface area (Å²) >= 11 is 0. The second-order valence-corrected chi connectivity index (χ2v) is 11.8. The monoisotopic (exact) mass is 631 g/mol. The Labute approximate surface area is 260 Å².